The standard InChI is InChI=1S/C31H41N9O3/c1-6-14-40(30(41)21(2)37-31(42)43-5)16-13-33-19-25(32-3)24-17-34-28(35-18-24)23-11-9-22(10-12-23)26-20-36-29(38-26)27-8-7-15-39(27)4/h9-12,17-21,27,33H,3,6-8,13-16H2,1-2,4-5H3,(H,36,38)(H,37,42)/b25-19-/t21-,27-/m0/s1. The SMILES string of the molecule is C=N/C(=C\NCCN(CCC)C(=O)[C@H](C)NC(=O)OC)c1cnc(-c2ccc(-c3cnc([C@@H]4CCCN4C)[nH]3)cc2)nc1. The van der Waals surface area contributed by atoms with Gasteiger partial charge in [-0.05, 0) is 52.1 Å². The summed E-state index contributed by atoms with van der Waals surface area (Å²) in [5.41, 5.74) is 4.24. The minimum atomic E-state index is -0.686. The number of benzene rings is 1. The first-order chi connectivity index (χ1) is 20.8. The number of hydrogen-bond acceptors (Lipinski definition) is 9. The number of hydrogen-bond donors (Lipinski definition) is 3. The lowest BCUT2D eigenvalue weighted by Gasteiger charge is -2.25. The summed E-state index contributed by atoms with van der Waals surface area (Å²) in [7, 11) is 3.41. The maximum atomic E-state index is 12.8. The largest absolute Gasteiger partial charge is 0.453 e. The van der Waals surface area contributed by atoms with Crippen molar-refractivity contribution >= 4 is 24.4 Å². The van der Waals surface area contributed by atoms with Crippen LogP contribution in [0, 0.1) is 0 Å². The molecule has 43 heavy (non-hydrogen) atoms. The fraction of sp³-hybridized carbons (Fsp3) is 0.419. The number of aromatic nitrogens is 4. The summed E-state index contributed by atoms with van der Waals surface area (Å²) in [6.45, 7) is 9.91. The average molecular weight is 588 g/mol. The first-order valence-electron chi connectivity index (χ1n) is 14.6. The van der Waals surface area contributed by atoms with Crippen LogP contribution in [0.4, 0.5) is 4.79 Å². The monoisotopic (exact) mass is 587 g/mol. The number of amides is 2. The molecular formula is C31H41N9O3. The van der Waals surface area contributed by atoms with Crippen molar-refractivity contribution in [2.75, 3.05) is 40.3 Å². The molecule has 1 saturated heterocycles. The number of rotatable bonds is 13. The molecule has 3 N–H and O–H groups in total. The Bertz CT molecular complexity index is 1400. The van der Waals surface area contributed by atoms with Crippen molar-refractivity contribution in [2.24, 2.45) is 4.99 Å². The van der Waals surface area contributed by atoms with E-state index in [2.05, 4.69) is 59.0 Å². The Balaban J connectivity index is 1.34. The van der Waals surface area contributed by atoms with Gasteiger partial charge in [0.15, 0.2) is 5.82 Å². The number of imidazole rings is 1. The maximum Gasteiger partial charge on any atom is 0.407 e. The summed E-state index contributed by atoms with van der Waals surface area (Å²) in [6.07, 6.45) is 9.52. The minimum absolute atomic E-state index is 0.177. The molecule has 1 aromatic carbocycles. The Kier molecular flexibility index (Phi) is 11.0. The van der Waals surface area contributed by atoms with Gasteiger partial charge in [0.05, 0.1) is 30.7 Å². The summed E-state index contributed by atoms with van der Waals surface area (Å²) >= 11 is 0. The van der Waals surface area contributed by atoms with E-state index in [1.54, 1.807) is 30.4 Å². The molecule has 0 saturated carbocycles. The molecular weight excluding hydrogens is 546 g/mol. The van der Waals surface area contributed by atoms with Gasteiger partial charge in [-0.15, -0.1) is 0 Å². The van der Waals surface area contributed by atoms with Gasteiger partial charge in [0.25, 0.3) is 0 Å². The molecule has 12 nitrogen and oxygen atoms in total. The van der Waals surface area contributed by atoms with E-state index in [0.717, 1.165) is 42.0 Å². The second kappa shape index (κ2) is 15.1. The van der Waals surface area contributed by atoms with E-state index in [1.807, 2.05) is 37.4 Å². The highest BCUT2D eigenvalue weighted by Crippen LogP contribution is 2.30. The zero-order valence-corrected chi connectivity index (χ0v) is 25.3. The third kappa shape index (κ3) is 8.04. The summed E-state index contributed by atoms with van der Waals surface area (Å²) in [5, 5.41) is 5.71. The fourth-order valence-electron chi connectivity index (χ4n) is 5.08. The molecule has 2 atom stereocenters. The zero-order valence-electron chi connectivity index (χ0n) is 25.3. The van der Waals surface area contributed by atoms with Crippen LogP contribution in [0.3, 0.4) is 0 Å². The van der Waals surface area contributed by atoms with Crippen LogP contribution in [-0.4, -0.2) is 94.8 Å². The average Bonchev–Trinajstić information content (AvgIpc) is 3.69. The molecule has 3 aromatic rings. The second-order valence-electron chi connectivity index (χ2n) is 10.5. The molecule has 12 heteroatoms. The number of H-pyrrole nitrogens is 1. The van der Waals surface area contributed by atoms with Crippen LogP contribution in [-0.2, 0) is 9.53 Å². The normalized spacial score (nSPS) is 16.0. The molecule has 228 valence electrons. The van der Waals surface area contributed by atoms with E-state index < -0.39 is 12.1 Å². The van der Waals surface area contributed by atoms with Crippen molar-refractivity contribution in [3.05, 3.63) is 60.4 Å². The number of likely N-dealkylation sites (tertiary alicyclic amines) is 1. The summed E-state index contributed by atoms with van der Waals surface area (Å²) in [4.78, 5) is 49.6. The summed E-state index contributed by atoms with van der Waals surface area (Å²) < 4.78 is 4.59. The van der Waals surface area contributed by atoms with Crippen LogP contribution in [0.1, 0.15) is 50.5 Å². The van der Waals surface area contributed by atoms with Gasteiger partial charge >= 0.3 is 6.09 Å². The highest BCUT2D eigenvalue weighted by atomic mass is 16.5. The number of aromatic amines is 1. The summed E-state index contributed by atoms with van der Waals surface area (Å²) in [6, 6.07) is 7.76. The Morgan fingerprint density at radius 1 is 1.19 bits per heavy atom. The Morgan fingerprint density at radius 3 is 2.53 bits per heavy atom. The van der Waals surface area contributed by atoms with Crippen LogP contribution in [0.15, 0.2) is 54.0 Å². The Hall–Kier alpha value is -4.58. The lowest BCUT2D eigenvalue weighted by Crippen LogP contribution is -2.48. The van der Waals surface area contributed by atoms with Gasteiger partial charge in [-0.3, -0.25) is 14.7 Å². The number of carbonyl (C=O) groups is 2. The third-order valence-electron chi connectivity index (χ3n) is 7.46. The van der Waals surface area contributed by atoms with E-state index >= 15 is 0 Å². The van der Waals surface area contributed by atoms with Gasteiger partial charge in [0.2, 0.25) is 5.91 Å². The molecule has 2 amide bonds. The smallest absolute Gasteiger partial charge is 0.407 e. The molecule has 4 rings (SSSR count). The lowest BCUT2D eigenvalue weighted by molar-refractivity contribution is -0.132. The van der Waals surface area contributed by atoms with Gasteiger partial charge in [-0.1, -0.05) is 31.2 Å². The van der Waals surface area contributed by atoms with E-state index in [4.69, 9.17) is 0 Å². The minimum Gasteiger partial charge on any atom is -0.453 e. The van der Waals surface area contributed by atoms with Crippen LogP contribution in [0.25, 0.3) is 28.3 Å². The number of nitrogens with one attached hydrogen (secondary N) is 3. The molecule has 1 aliphatic rings. The van der Waals surface area contributed by atoms with Crippen molar-refractivity contribution in [2.45, 2.75) is 45.2 Å². The number of nitrogens with zero attached hydrogens (tertiary/aromatic N) is 6. The predicted molar refractivity (Wildman–Crippen MR) is 167 cm³/mol. The Labute approximate surface area is 252 Å². The second-order valence-corrected chi connectivity index (χ2v) is 10.5. The molecule has 3 heterocycles. The fourth-order valence-corrected chi connectivity index (χ4v) is 5.08. The molecule has 0 spiro atoms. The maximum absolute atomic E-state index is 12.8. The van der Waals surface area contributed by atoms with Gasteiger partial charge in [-0.25, -0.2) is 19.7 Å². The molecule has 0 bridgehead atoms. The van der Waals surface area contributed by atoms with Crippen LogP contribution >= 0.6 is 0 Å². The van der Waals surface area contributed by atoms with Crippen LogP contribution in [0.5, 0.6) is 0 Å². The van der Waals surface area contributed by atoms with Crippen molar-refractivity contribution in [1.29, 1.82) is 0 Å². The van der Waals surface area contributed by atoms with E-state index in [1.165, 1.54) is 13.5 Å². The molecule has 0 unspecified atom stereocenters. The highest BCUT2D eigenvalue weighted by molar-refractivity contribution is 5.85. The van der Waals surface area contributed by atoms with Crippen LogP contribution < -0.4 is 10.6 Å². The van der Waals surface area contributed by atoms with E-state index in [-0.39, 0.29) is 5.91 Å². The molecule has 0 aliphatic carbocycles. The molecule has 0 radical (unpaired) electrons. The Morgan fingerprint density at radius 2 is 1.91 bits per heavy atom. The number of alkyl carbamates (subject to hydrolysis) is 1. The number of aliphatic imine (C=N–C) groups is 1. The first-order valence-corrected chi connectivity index (χ1v) is 14.6. The topological polar surface area (TPSA) is 141 Å². The highest BCUT2D eigenvalue weighted by Gasteiger charge is 2.25. The number of carbonyl (C=O) groups excluding carboxylic acids is 2. The molecule has 1 aliphatic heterocycles. The van der Waals surface area contributed by atoms with Crippen molar-refractivity contribution < 1.29 is 14.3 Å². The predicted octanol–water partition coefficient (Wildman–Crippen LogP) is 3.87. The third-order valence-corrected chi connectivity index (χ3v) is 7.46. The van der Waals surface area contributed by atoms with E-state index in [9.17, 15) is 9.59 Å². The molecule has 1 fully saturated rings. The first kappa shape index (κ1) is 31.4. The summed E-state index contributed by atoms with van der Waals surface area (Å²) in [5.74, 6) is 1.44. The van der Waals surface area contributed by atoms with E-state index in [0.29, 0.717) is 42.8 Å². The van der Waals surface area contributed by atoms with Gasteiger partial charge in [0, 0.05) is 49.4 Å². The van der Waals surface area contributed by atoms with Gasteiger partial charge < -0.3 is 25.3 Å². The number of ether oxygens (including phenoxy) is 1. The molecule has 2 aromatic heterocycles. The van der Waals surface area contributed by atoms with Gasteiger partial charge in [0.1, 0.15) is 11.9 Å². The van der Waals surface area contributed by atoms with Crippen molar-refractivity contribution in [3.63, 3.8) is 0 Å². The number of methoxy groups -OCH3 is 1. The van der Waals surface area contributed by atoms with Crippen LogP contribution in [0.2, 0.25) is 0 Å². The van der Waals surface area contributed by atoms with Gasteiger partial charge in [-0.2, -0.15) is 0 Å². The zero-order chi connectivity index (χ0) is 30.8. The lowest BCUT2D eigenvalue weighted by atomic mass is 10.1. The quantitative estimate of drug-likeness (QED) is 0.202. The van der Waals surface area contributed by atoms with Crippen molar-refractivity contribution in [3.8, 4) is 22.6 Å². The van der Waals surface area contributed by atoms with Crippen molar-refractivity contribution in [1.82, 2.24) is 40.4 Å².